The molecule has 1 amide bonds. The van der Waals surface area contributed by atoms with E-state index in [-0.39, 0.29) is 35.6 Å². The molecule has 1 spiro atoms. The average Bonchev–Trinajstić information content (AvgIpc) is 2.57. The van der Waals surface area contributed by atoms with Crippen LogP contribution in [0.3, 0.4) is 0 Å². The second-order valence-electron chi connectivity index (χ2n) is 6.98. The summed E-state index contributed by atoms with van der Waals surface area (Å²) in [6.45, 7) is 5.77. The van der Waals surface area contributed by atoms with E-state index in [4.69, 9.17) is 4.74 Å². The third-order valence-corrected chi connectivity index (χ3v) is 5.61. The van der Waals surface area contributed by atoms with E-state index >= 15 is 0 Å². The number of likely N-dealkylation sites (tertiary alicyclic amines) is 1. The molecule has 1 aliphatic carbocycles. The van der Waals surface area contributed by atoms with E-state index in [9.17, 15) is 14.7 Å². The van der Waals surface area contributed by atoms with Crippen molar-refractivity contribution in [2.24, 2.45) is 5.41 Å². The molecule has 0 unspecified atom stereocenters. The molecule has 1 N–H and O–H groups in total. The highest BCUT2D eigenvalue weighted by Gasteiger charge is 2.56. The second-order valence-corrected chi connectivity index (χ2v) is 6.98. The minimum atomic E-state index is -0.328. The Bertz CT molecular complexity index is 659. The van der Waals surface area contributed by atoms with Gasteiger partial charge in [-0.3, -0.25) is 9.59 Å². The largest absolute Gasteiger partial charge is 0.392 e. The molecule has 2 fully saturated rings. The van der Waals surface area contributed by atoms with E-state index < -0.39 is 0 Å². The first-order chi connectivity index (χ1) is 11.5. The summed E-state index contributed by atoms with van der Waals surface area (Å²) in [5.41, 5.74) is 0.556. The van der Waals surface area contributed by atoms with Gasteiger partial charge in [0.25, 0.3) is 5.56 Å². The van der Waals surface area contributed by atoms with Gasteiger partial charge in [-0.1, -0.05) is 0 Å². The number of hydrogen-bond acceptors (Lipinski definition) is 4. The molecule has 0 aromatic carbocycles. The lowest BCUT2D eigenvalue weighted by Crippen LogP contribution is -2.62. The SMILES string of the molecule is CCO[C@@H]1C[C@H](O)C12CCN(C(=O)Cn1ccc(C)cc1=O)CC2. The summed E-state index contributed by atoms with van der Waals surface area (Å²) in [4.78, 5) is 26.2. The van der Waals surface area contributed by atoms with E-state index in [1.165, 1.54) is 10.6 Å². The van der Waals surface area contributed by atoms with Gasteiger partial charge in [-0.2, -0.15) is 0 Å². The summed E-state index contributed by atoms with van der Waals surface area (Å²) in [6, 6.07) is 3.37. The molecular weight excluding hydrogens is 308 g/mol. The number of hydrogen-bond donors (Lipinski definition) is 1. The molecule has 1 saturated heterocycles. The molecule has 1 saturated carbocycles. The average molecular weight is 334 g/mol. The predicted octanol–water partition coefficient (Wildman–Crippen LogP) is 0.935. The van der Waals surface area contributed by atoms with Crippen molar-refractivity contribution in [1.29, 1.82) is 0 Å². The number of pyridine rings is 1. The first-order valence-electron chi connectivity index (χ1n) is 8.71. The number of amides is 1. The zero-order chi connectivity index (χ0) is 17.3. The Kier molecular flexibility index (Phi) is 4.78. The predicted molar refractivity (Wildman–Crippen MR) is 89.7 cm³/mol. The number of aliphatic hydroxyl groups is 1. The normalized spacial score (nSPS) is 25.5. The number of rotatable bonds is 4. The van der Waals surface area contributed by atoms with Gasteiger partial charge in [0.15, 0.2) is 0 Å². The van der Waals surface area contributed by atoms with Crippen molar-refractivity contribution in [1.82, 2.24) is 9.47 Å². The van der Waals surface area contributed by atoms with E-state index in [2.05, 4.69) is 0 Å². The molecule has 2 heterocycles. The number of carbonyl (C=O) groups excluding carboxylic acids is 1. The molecule has 2 atom stereocenters. The van der Waals surface area contributed by atoms with Gasteiger partial charge in [0.05, 0.1) is 12.2 Å². The monoisotopic (exact) mass is 334 g/mol. The Hall–Kier alpha value is -1.66. The van der Waals surface area contributed by atoms with Crippen molar-refractivity contribution in [3.8, 4) is 0 Å². The zero-order valence-corrected chi connectivity index (χ0v) is 14.4. The Balaban J connectivity index is 1.60. The summed E-state index contributed by atoms with van der Waals surface area (Å²) >= 11 is 0. The summed E-state index contributed by atoms with van der Waals surface area (Å²) in [5.74, 6) is -0.0439. The summed E-state index contributed by atoms with van der Waals surface area (Å²) in [7, 11) is 0. The third kappa shape index (κ3) is 3.00. The van der Waals surface area contributed by atoms with Crippen LogP contribution in [-0.2, 0) is 16.1 Å². The molecular formula is C18H26N2O4. The maximum absolute atomic E-state index is 12.5. The van der Waals surface area contributed by atoms with Crippen LogP contribution in [0.5, 0.6) is 0 Å². The fourth-order valence-electron chi connectivity index (χ4n) is 3.97. The number of aryl methyl sites for hydroxylation is 1. The highest BCUT2D eigenvalue weighted by atomic mass is 16.5. The number of carbonyl (C=O) groups is 1. The van der Waals surface area contributed by atoms with Crippen LogP contribution in [0.25, 0.3) is 0 Å². The third-order valence-electron chi connectivity index (χ3n) is 5.61. The number of nitrogens with zero attached hydrogens (tertiary/aromatic N) is 2. The molecule has 0 bridgehead atoms. The van der Waals surface area contributed by atoms with Crippen molar-refractivity contribution >= 4 is 5.91 Å². The molecule has 1 aromatic rings. The molecule has 1 aliphatic heterocycles. The molecule has 6 nitrogen and oxygen atoms in total. The van der Waals surface area contributed by atoms with Crippen LogP contribution in [0, 0.1) is 12.3 Å². The lowest BCUT2D eigenvalue weighted by Gasteiger charge is -2.56. The van der Waals surface area contributed by atoms with E-state index in [1.54, 1.807) is 11.1 Å². The molecule has 1 aromatic heterocycles. The van der Waals surface area contributed by atoms with Crippen LogP contribution in [0.2, 0.25) is 0 Å². The van der Waals surface area contributed by atoms with Crippen molar-refractivity contribution in [2.45, 2.75) is 51.9 Å². The van der Waals surface area contributed by atoms with Crippen molar-refractivity contribution in [2.75, 3.05) is 19.7 Å². The summed E-state index contributed by atoms with van der Waals surface area (Å²) in [6.07, 6.45) is 3.66. The highest BCUT2D eigenvalue weighted by Crippen LogP contribution is 2.50. The molecule has 3 rings (SSSR count). The molecule has 0 radical (unpaired) electrons. The zero-order valence-electron chi connectivity index (χ0n) is 14.4. The van der Waals surface area contributed by atoms with Crippen LogP contribution in [0.1, 0.15) is 31.7 Å². The van der Waals surface area contributed by atoms with Crippen molar-refractivity contribution < 1.29 is 14.6 Å². The fourth-order valence-corrected chi connectivity index (χ4v) is 3.97. The van der Waals surface area contributed by atoms with Gasteiger partial charge in [0.2, 0.25) is 5.91 Å². The molecule has 132 valence electrons. The number of ether oxygens (including phenoxy) is 1. The summed E-state index contributed by atoms with van der Waals surface area (Å²) in [5, 5.41) is 10.2. The van der Waals surface area contributed by atoms with Gasteiger partial charge in [0.1, 0.15) is 6.54 Å². The van der Waals surface area contributed by atoms with E-state index in [1.807, 2.05) is 19.9 Å². The highest BCUT2D eigenvalue weighted by molar-refractivity contribution is 5.76. The lowest BCUT2D eigenvalue weighted by molar-refractivity contribution is -0.210. The molecule has 2 aliphatic rings. The molecule has 6 heteroatoms. The van der Waals surface area contributed by atoms with Gasteiger partial charge in [-0.05, 0) is 38.3 Å². The number of aliphatic hydroxyl groups excluding tert-OH is 1. The van der Waals surface area contributed by atoms with Crippen LogP contribution >= 0.6 is 0 Å². The Morgan fingerprint density at radius 3 is 2.71 bits per heavy atom. The van der Waals surface area contributed by atoms with Gasteiger partial charge < -0.3 is 19.3 Å². The quantitative estimate of drug-likeness (QED) is 0.889. The van der Waals surface area contributed by atoms with E-state index in [0.717, 1.165) is 18.4 Å². The number of piperidine rings is 1. The smallest absolute Gasteiger partial charge is 0.251 e. The number of aromatic nitrogens is 1. The minimum Gasteiger partial charge on any atom is -0.392 e. The first kappa shape index (κ1) is 17.2. The lowest BCUT2D eigenvalue weighted by atomic mass is 9.58. The topological polar surface area (TPSA) is 71.8 Å². The maximum atomic E-state index is 12.5. The maximum Gasteiger partial charge on any atom is 0.251 e. The Morgan fingerprint density at radius 2 is 2.12 bits per heavy atom. The Morgan fingerprint density at radius 1 is 1.42 bits per heavy atom. The van der Waals surface area contributed by atoms with Gasteiger partial charge >= 0.3 is 0 Å². The van der Waals surface area contributed by atoms with Crippen LogP contribution in [0.15, 0.2) is 23.1 Å². The fraction of sp³-hybridized carbons (Fsp3) is 0.667. The first-order valence-corrected chi connectivity index (χ1v) is 8.71. The minimum absolute atomic E-state index is 0.0439. The van der Waals surface area contributed by atoms with Gasteiger partial charge in [0, 0.05) is 43.8 Å². The van der Waals surface area contributed by atoms with Crippen LogP contribution < -0.4 is 5.56 Å². The van der Waals surface area contributed by atoms with Crippen molar-refractivity contribution in [3.05, 3.63) is 34.2 Å². The standard InChI is InChI=1S/C18H26N2O4/c1-3-24-15-11-14(21)18(15)5-8-19(9-6-18)17(23)12-20-7-4-13(2)10-16(20)22/h4,7,10,14-15,21H,3,5-6,8-9,11-12H2,1-2H3/t14-,15+/m0/s1. The van der Waals surface area contributed by atoms with Crippen molar-refractivity contribution in [3.63, 3.8) is 0 Å². The Labute approximate surface area is 142 Å². The van der Waals surface area contributed by atoms with Gasteiger partial charge in [-0.25, -0.2) is 0 Å². The van der Waals surface area contributed by atoms with Crippen LogP contribution in [-0.4, -0.2) is 52.4 Å². The molecule has 24 heavy (non-hydrogen) atoms. The van der Waals surface area contributed by atoms with Crippen LogP contribution in [0.4, 0.5) is 0 Å². The van der Waals surface area contributed by atoms with Gasteiger partial charge in [-0.15, -0.1) is 0 Å². The van der Waals surface area contributed by atoms with E-state index in [0.29, 0.717) is 26.1 Å². The second kappa shape index (κ2) is 6.69. The summed E-state index contributed by atoms with van der Waals surface area (Å²) < 4.78 is 7.20.